The van der Waals surface area contributed by atoms with Crippen molar-refractivity contribution in [3.63, 3.8) is 0 Å². The summed E-state index contributed by atoms with van der Waals surface area (Å²) in [5, 5.41) is 0.732. The molecule has 0 aliphatic carbocycles. The van der Waals surface area contributed by atoms with Gasteiger partial charge >= 0.3 is 0 Å². The lowest BCUT2D eigenvalue weighted by atomic mass is 10.2. The Morgan fingerprint density at radius 2 is 1.86 bits per heavy atom. The van der Waals surface area contributed by atoms with Gasteiger partial charge in [-0.15, -0.1) is 0 Å². The lowest BCUT2D eigenvalue weighted by molar-refractivity contribution is -0.131. The standard InChI is InChI=1S/C22H27ClN2O3/c1-17-15-20(8-9-21(17)23)28-14-4-7-22(26)25-12-10-24(11-13-25)18-5-3-6-19(16-18)27-2/h3,5-6,8-9,15-16H,4,7,10-14H2,1-2H3. The number of methoxy groups -OCH3 is 1. The van der Waals surface area contributed by atoms with E-state index in [9.17, 15) is 4.79 Å². The molecular formula is C22H27ClN2O3. The van der Waals surface area contributed by atoms with E-state index in [0.717, 1.165) is 54.0 Å². The molecule has 1 heterocycles. The second-order valence-corrected chi connectivity index (χ2v) is 7.34. The van der Waals surface area contributed by atoms with E-state index in [2.05, 4.69) is 11.0 Å². The van der Waals surface area contributed by atoms with Gasteiger partial charge in [-0.2, -0.15) is 0 Å². The number of ether oxygens (including phenoxy) is 2. The summed E-state index contributed by atoms with van der Waals surface area (Å²) in [7, 11) is 1.67. The molecule has 0 N–H and O–H groups in total. The van der Waals surface area contributed by atoms with Gasteiger partial charge in [0, 0.05) is 49.4 Å². The Morgan fingerprint density at radius 3 is 2.57 bits per heavy atom. The maximum absolute atomic E-state index is 12.5. The van der Waals surface area contributed by atoms with Gasteiger partial charge in [-0.05, 0) is 49.2 Å². The van der Waals surface area contributed by atoms with E-state index in [-0.39, 0.29) is 5.91 Å². The molecule has 0 spiro atoms. The molecule has 2 aromatic rings. The molecule has 1 amide bonds. The fraction of sp³-hybridized carbons (Fsp3) is 0.409. The van der Waals surface area contributed by atoms with Gasteiger partial charge in [0.2, 0.25) is 5.91 Å². The fourth-order valence-electron chi connectivity index (χ4n) is 3.30. The quantitative estimate of drug-likeness (QED) is 0.652. The summed E-state index contributed by atoms with van der Waals surface area (Å²) < 4.78 is 11.0. The molecule has 1 saturated heterocycles. The molecule has 0 radical (unpaired) electrons. The zero-order chi connectivity index (χ0) is 19.9. The summed E-state index contributed by atoms with van der Waals surface area (Å²) in [5.74, 6) is 1.84. The summed E-state index contributed by atoms with van der Waals surface area (Å²) in [5.41, 5.74) is 2.13. The van der Waals surface area contributed by atoms with Crippen LogP contribution in [0.4, 0.5) is 5.69 Å². The molecule has 0 atom stereocenters. The third-order valence-corrected chi connectivity index (χ3v) is 5.41. The second kappa shape index (κ2) is 9.69. The first kappa shape index (κ1) is 20.3. The van der Waals surface area contributed by atoms with Crippen LogP contribution in [0.5, 0.6) is 11.5 Å². The van der Waals surface area contributed by atoms with Crippen LogP contribution in [0.2, 0.25) is 5.02 Å². The van der Waals surface area contributed by atoms with Crippen molar-refractivity contribution < 1.29 is 14.3 Å². The van der Waals surface area contributed by atoms with Crippen molar-refractivity contribution in [3.8, 4) is 11.5 Å². The molecule has 0 unspecified atom stereocenters. The lowest BCUT2D eigenvalue weighted by Gasteiger charge is -2.36. The second-order valence-electron chi connectivity index (χ2n) is 6.93. The highest BCUT2D eigenvalue weighted by atomic mass is 35.5. The summed E-state index contributed by atoms with van der Waals surface area (Å²) in [6.07, 6.45) is 1.21. The highest BCUT2D eigenvalue weighted by Crippen LogP contribution is 2.23. The monoisotopic (exact) mass is 402 g/mol. The Labute approximate surface area is 171 Å². The number of piperazine rings is 1. The van der Waals surface area contributed by atoms with Gasteiger partial charge in [0.1, 0.15) is 11.5 Å². The lowest BCUT2D eigenvalue weighted by Crippen LogP contribution is -2.48. The smallest absolute Gasteiger partial charge is 0.222 e. The number of hydrogen-bond acceptors (Lipinski definition) is 4. The van der Waals surface area contributed by atoms with E-state index in [0.29, 0.717) is 19.4 Å². The zero-order valence-corrected chi connectivity index (χ0v) is 17.2. The Bertz CT molecular complexity index is 804. The van der Waals surface area contributed by atoms with Gasteiger partial charge in [0.15, 0.2) is 0 Å². The summed E-state index contributed by atoms with van der Waals surface area (Å²) in [6.45, 7) is 5.62. The molecule has 1 fully saturated rings. The molecule has 6 heteroatoms. The number of aryl methyl sites for hydroxylation is 1. The number of hydrogen-bond donors (Lipinski definition) is 0. The van der Waals surface area contributed by atoms with E-state index < -0.39 is 0 Å². The van der Waals surface area contributed by atoms with Crippen LogP contribution in [0.3, 0.4) is 0 Å². The van der Waals surface area contributed by atoms with Crippen molar-refractivity contribution in [2.45, 2.75) is 19.8 Å². The van der Waals surface area contributed by atoms with Crippen molar-refractivity contribution in [1.82, 2.24) is 4.90 Å². The molecule has 2 aromatic carbocycles. The van der Waals surface area contributed by atoms with E-state index in [1.807, 2.05) is 48.2 Å². The SMILES string of the molecule is COc1cccc(N2CCN(C(=O)CCCOc3ccc(Cl)c(C)c3)CC2)c1. The van der Waals surface area contributed by atoms with Crippen LogP contribution in [0.1, 0.15) is 18.4 Å². The third kappa shape index (κ3) is 5.32. The number of halogens is 1. The van der Waals surface area contributed by atoms with E-state index in [1.165, 1.54) is 0 Å². The van der Waals surface area contributed by atoms with Crippen molar-refractivity contribution in [1.29, 1.82) is 0 Å². The maximum atomic E-state index is 12.5. The molecule has 3 rings (SSSR count). The molecule has 0 bridgehead atoms. The Balaban J connectivity index is 1.39. The van der Waals surface area contributed by atoms with Gasteiger partial charge in [0.05, 0.1) is 13.7 Å². The predicted octanol–water partition coefficient (Wildman–Crippen LogP) is 4.16. The van der Waals surface area contributed by atoms with Gasteiger partial charge in [-0.1, -0.05) is 17.7 Å². The third-order valence-electron chi connectivity index (χ3n) is 4.98. The molecular weight excluding hydrogens is 376 g/mol. The number of amides is 1. The van der Waals surface area contributed by atoms with E-state index >= 15 is 0 Å². The van der Waals surface area contributed by atoms with Crippen LogP contribution in [-0.2, 0) is 4.79 Å². The molecule has 1 aliphatic rings. The number of benzene rings is 2. The van der Waals surface area contributed by atoms with Gasteiger partial charge in [-0.25, -0.2) is 0 Å². The van der Waals surface area contributed by atoms with E-state index in [4.69, 9.17) is 21.1 Å². The Hall–Kier alpha value is -2.40. The average Bonchev–Trinajstić information content (AvgIpc) is 2.73. The predicted molar refractivity (Wildman–Crippen MR) is 113 cm³/mol. The molecule has 150 valence electrons. The fourth-order valence-corrected chi connectivity index (χ4v) is 3.42. The Morgan fingerprint density at radius 1 is 1.07 bits per heavy atom. The molecule has 28 heavy (non-hydrogen) atoms. The first-order valence-electron chi connectivity index (χ1n) is 9.62. The van der Waals surface area contributed by atoms with Crippen molar-refractivity contribution >= 4 is 23.2 Å². The van der Waals surface area contributed by atoms with Crippen LogP contribution in [-0.4, -0.2) is 50.7 Å². The number of anilines is 1. The minimum atomic E-state index is 0.196. The number of nitrogens with zero attached hydrogens (tertiary/aromatic N) is 2. The molecule has 0 aromatic heterocycles. The largest absolute Gasteiger partial charge is 0.497 e. The number of carbonyl (C=O) groups excluding carboxylic acids is 1. The van der Waals surface area contributed by atoms with E-state index in [1.54, 1.807) is 7.11 Å². The number of rotatable bonds is 7. The van der Waals surface area contributed by atoms with Crippen molar-refractivity contribution in [2.24, 2.45) is 0 Å². The van der Waals surface area contributed by atoms with Gasteiger partial charge in [-0.3, -0.25) is 4.79 Å². The van der Waals surface area contributed by atoms with Gasteiger partial charge in [0.25, 0.3) is 0 Å². The molecule has 5 nitrogen and oxygen atoms in total. The topological polar surface area (TPSA) is 42.0 Å². The van der Waals surface area contributed by atoms with Gasteiger partial charge < -0.3 is 19.3 Å². The van der Waals surface area contributed by atoms with Crippen LogP contribution in [0.15, 0.2) is 42.5 Å². The summed E-state index contributed by atoms with van der Waals surface area (Å²) >= 11 is 6.02. The average molecular weight is 403 g/mol. The Kier molecular flexibility index (Phi) is 7.04. The zero-order valence-electron chi connectivity index (χ0n) is 16.5. The van der Waals surface area contributed by atoms with Crippen molar-refractivity contribution in [2.75, 3.05) is 44.8 Å². The first-order valence-corrected chi connectivity index (χ1v) is 10.0. The first-order chi connectivity index (χ1) is 13.6. The maximum Gasteiger partial charge on any atom is 0.222 e. The highest BCUT2D eigenvalue weighted by molar-refractivity contribution is 6.31. The van der Waals surface area contributed by atoms with Crippen LogP contribution < -0.4 is 14.4 Å². The van der Waals surface area contributed by atoms with Crippen molar-refractivity contribution in [3.05, 3.63) is 53.1 Å². The minimum absolute atomic E-state index is 0.196. The summed E-state index contributed by atoms with van der Waals surface area (Å²) in [4.78, 5) is 16.7. The molecule has 0 saturated carbocycles. The normalized spacial score (nSPS) is 14.1. The molecule has 1 aliphatic heterocycles. The number of carbonyl (C=O) groups is 1. The van der Waals surface area contributed by atoms with Crippen LogP contribution in [0.25, 0.3) is 0 Å². The highest BCUT2D eigenvalue weighted by Gasteiger charge is 2.21. The summed E-state index contributed by atoms with van der Waals surface area (Å²) in [6, 6.07) is 13.7. The minimum Gasteiger partial charge on any atom is -0.497 e. The van der Waals surface area contributed by atoms with Crippen LogP contribution >= 0.6 is 11.6 Å². The van der Waals surface area contributed by atoms with Crippen LogP contribution in [0, 0.1) is 6.92 Å².